The molecule has 0 bridgehead atoms. The summed E-state index contributed by atoms with van der Waals surface area (Å²) < 4.78 is 0. The van der Waals surface area contributed by atoms with Gasteiger partial charge in [0.15, 0.2) is 0 Å². The van der Waals surface area contributed by atoms with Crippen LogP contribution in [0.15, 0.2) is 54.9 Å². The Bertz CT molecular complexity index is 644. The monoisotopic (exact) mass is 325 g/mol. The Balaban J connectivity index is 1.78. The topological polar surface area (TPSA) is 62.3 Å². The maximum atomic E-state index is 12.2. The molecule has 0 atom stereocenters. The second-order valence-electron chi connectivity index (χ2n) is 5.48. The predicted molar refractivity (Wildman–Crippen MR) is 93.4 cm³/mol. The average Bonchev–Trinajstić information content (AvgIpc) is 2.63. The van der Waals surface area contributed by atoms with Gasteiger partial charge in [-0.1, -0.05) is 30.3 Å². The van der Waals surface area contributed by atoms with Crippen molar-refractivity contribution in [1.29, 1.82) is 0 Å². The molecule has 126 valence electrons. The van der Waals surface area contributed by atoms with Gasteiger partial charge >= 0.3 is 11.8 Å². The third-order valence-electron chi connectivity index (χ3n) is 3.82. The fraction of sp³-hybridized carbons (Fsp3) is 0.316. The third-order valence-corrected chi connectivity index (χ3v) is 3.82. The van der Waals surface area contributed by atoms with Gasteiger partial charge in [-0.15, -0.1) is 0 Å². The van der Waals surface area contributed by atoms with Crippen LogP contribution < -0.4 is 5.32 Å². The molecule has 0 saturated carbocycles. The van der Waals surface area contributed by atoms with Crippen molar-refractivity contribution >= 4 is 11.8 Å². The standard InChI is InChI=1S/C19H23N3O2/c1-2-22(15-11-17-8-12-20-13-9-17)19(24)18(23)21-14-10-16-6-4-3-5-7-16/h3-9,12-13H,2,10-11,14-15H2,1H3,(H,21,23). The Morgan fingerprint density at radius 3 is 2.33 bits per heavy atom. The zero-order valence-electron chi connectivity index (χ0n) is 13.9. The number of likely N-dealkylation sites (N-methyl/N-ethyl adjacent to an activating group) is 1. The van der Waals surface area contributed by atoms with Gasteiger partial charge in [0.1, 0.15) is 0 Å². The summed E-state index contributed by atoms with van der Waals surface area (Å²) in [5.41, 5.74) is 2.23. The Morgan fingerprint density at radius 2 is 1.67 bits per heavy atom. The van der Waals surface area contributed by atoms with Gasteiger partial charge in [-0.3, -0.25) is 14.6 Å². The van der Waals surface area contributed by atoms with E-state index in [1.165, 1.54) is 0 Å². The predicted octanol–water partition coefficient (Wildman–Crippen LogP) is 1.83. The molecule has 0 radical (unpaired) electrons. The van der Waals surface area contributed by atoms with E-state index in [-0.39, 0.29) is 0 Å². The van der Waals surface area contributed by atoms with Gasteiger partial charge in [0.2, 0.25) is 0 Å². The molecular weight excluding hydrogens is 302 g/mol. The Labute approximate surface area is 142 Å². The first kappa shape index (κ1) is 17.7. The normalized spacial score (nSPS) is 10.2. The second kappa shape index (κ2) is 9.45. The van der Waals surface area contributed by atoms with E-state index in [2.05, 4.69) is 10.3 Å². The molecule has 1 aromatic heterocycles. The summed E-state index contributed by atoms with van der Waals surface area (Å²) in [4.78, 5) is 29.8. The Morgan fingerprint density at radius 1 is 1.00 bits per heavy atom. The van der Waals surface area contributed by atoms with Gasteiger partial charge in [-0.05, 0) is 43.0 Å². The minimum Gasteiger partial charge on any atom is -0.347 e. The number of rotatable bonds is 7. The van der Waals surface area contributed by atoms with E-state index in [1.54, 1.807) is 17.3 Å². The van der Waals surface area contributed by atoms with Crippen molar-refractivity contribution in [1.82, 2.24) is 15.2 Å². The molecule has 0 saturated heterocycles. The van der Waals surface area contributed by atoms with Crippen LogP contribution >= 0.6 is 0 Å². The Hall–Kier alpha value is -2.69. The summed E-state index contributed by atoms with van der Waals surface area (Å²) in [5, 5.41) is 2.70. The molecule has 1 heterocycles. The van der Waals surface area contributed by atoms with Crippen LogP contribution in [0.4, 0.5) is 0 Å². The van der Waals surface area contributed by atoms with Crippen LogP contribution in [0.3, 0.4) is 0 Å². The van der Waals surface area contributed by atoms with E-state index in [0.29, 0.717) is 32.5 Å². The molecule has 1 N–H and O–H groups in total. The molecule has 0 spiro atoms. The largest absolute Gasteiger partial charge is 0.347 e. The van der Waals surface area contributed by atoms with Gasteiger partial charge in [0.05, 0.1) is 0 Å². The molecule has 0 aliphatic heterocycles. The van der Waals surface area contributed by atoms with E-state index >= 15 is 0 Å². The number of nitrogens with one attached hydrogen (secondary N) is 1. The van der Waals surface area contributed by atoms with E-state index in [1.807, 2.05) is 49.4 Å². The molecule has 0 unspecified atom stereocenters. The van der Waals surface area contributed by atoms with Gasteiger partial charge < -0.3 is 10.2 Å². The summed E-state index contributed by atoms with van der Waals surface area (Å²) in [6.07, 6.45) is 4.87. The summed E-state index contributed by atoms with van der Waals surface area (Å²) in [6, 6.07) is 13.7. The number of hydrogen-bond acceptors (Lipinski definition) is 3. The van der Waals surface area contributed by atoms with Crippen LogP contribution in [0.2, 0.25) is 0 Å². The minimum atomic E-state index is -0.539. The second-order valence-corrected chi connectivity index (χ2v) is 5.48. The van der Waals surface area contributed by atoms with E-state index < -0.39 is 11.8 Å². The Kier molecular flexibility index (Phi) is 6.95. The van der Waals surface area contributed by atoms with Crippen molar-refractivity contribution in [2.45, 2.75) is 19.8 Å². The lowest BCUT2D eigenvalue weighted by molar-refractivity contribution is -0.145. The van der Waals surface area contributed by atoms with Gasteiger partial charge in [0.25, 0.3) is 0 Å². The zero-order chi connectivity index (χ0) is 17.2. The first-order valence-corrected chi connectivity index (χ1v) is 8.20. The van der Waals surface area contributed by atoms with Crippen molar-refractivity contribution < 1.29 is 9.59 Å². The lowest BCUT2D eigenvalue weighted by Crippen LogP contribution is -2.44. The van der Waals surface area contributed by atoms with Gasteiger partial charge in [-0.25, -0.2) is 0 Å². The van der Waals surface area contributed by atoms with Crippen molar-refractivity contribution in [3.05, 3.63) is 66.0 Å². The van der Waals surface area contributed by atoms with E-state index in [4.69, 9.17) is 0 Å². The molecule has 5 heteroatoms. The number of benzene rings is 1. The maximum Gasteiger partial charge on any atom is 0.311 e. The molecule has 1 aromatic carbocycles. The van der Waals surface area contributed by atoms with Crippen LogP contribution in [0, 0.1) is 0 Å². The van der Waals surface area contributed by atoms with E-state index in [9.17, 15) is 9.59 Å². The highest BCUT2D eigenvalue weighted by molar-refractivity contribution is 6.35. The van der Waals surface area contributed by atoms with Crippen LogP contribution in [-0.2, 0) is 22.4 Å². The van der Waals surface area contributed by atoms with E-state index in [0.717, 1.165) is 11.1 Å². The molecule has 0 aliphatic carbocycles. The maximum absolute atomic E-state index is 12.2. The van der Waals surface area contributed by atoms with Gasteiger partial charge in [0, 0.05) is 32.0 Å². The first-order chi connectivity index (χ1) is 11.7. The van der Waals surface area contributed by atoms with Crippen molar-refractivity contribution in [3.8, 4) is 0 Å². The van der Waals surface area contributed by atoms with Crippen molar-refractivity contribution in [2.24, 2.45) is 0 Å². The summed E-state index contributed by atoms with van der Waals surface area (Å²) in [6.45, 7) is 3.36. The molecule has 0 fully saturated rings. The number of aromatic nitrogens is 1. The first-order valence-electron chi connectivity index (χ1n) is 8.20. The van der Waals surface area contributed by atoms with Crippen LogP contribution in [-0.4, -0.2) is 41.3 Å². The highest BCUT2D eigenvalue weighted by Crippen LogP contribution is 2.01. The number of hydrogen-bond donors (Lipinski definition) is 1. The number of pyridine rings is 1. The number of amides is 2. The number of carbonyl (C=O) groups is 2. The molecular formula is C19H23N3O2. The molecule has 2 amide bonds. The summed E-state index contributed by atoms with van der Waals surface area (Å²) >= 11 is 0. The number of carbonyl (C=O) groups excluding carboxylic acids is 2. The molecule has 2 rings (SSSR count). The van der Waals surface area contributed by atoms with Crippen LogP contribution in [0.1, 0.15) is 18.1 Å². The lowest BCUT2D eigenvalue weighted by Gasteiger charge is -2.20. The summed E-state index contributed by atoms with van der Waals surface area (Å²) in [5.74, 6) is -1.01. The van der Waals surface area contributed by atoms with Crippen LogP contribution in [0.25, 0.3) is 0 Å². The fourth-order valence-electron chi connectivity index (χ4n) is 2.40. The molecule has 5 nitrogen and oxygen atoms in total. The highest BCUT2D eigenvalue weighted by atomic mass is 16.2. The minimum absolute atomic E-state index is 0.455. The average molecular weight is 325 g/mol. The lowest BCUT2D eigenvalue weighted by atomic mass is 10.1. The van der Waals surface area contributed by atoms with Crippen molar-refractivity contribution in [2.75, 3.05) is 19.6 Å². The zero-order valence-corrected chi connectivity index (χ0v) is 13.9. The summed E-state index contributed by atoms with van der Waals surface area (Å²) in [7, 11) is 0. The van der Waals surface area contributed by atoms with Gasteiger partial charge in [-0.2, -0.15) is 0 Å². The SMILES string of the molecule is CCN(CCc1ccncc1)C(=O)C(=O)NCCc1ccccc1. The molecule has 2 aromatic rings. The van der Waals surface area contributed by atoms with Crippen LogP contribution in [0.5, 0.6) is 0 Å². The van der Waals surface area contributed by atoms with Crippen molar-refractivity contribution in [3.63, 3.8) is 0 Å². The molecule has 0 aliphatic rings. The smallest absolute Gasteiger partial charge is 0.311 e. The number of nitrogens with zero attached hydrogens (tertiary/aromatic N) is 2. The molecule has 24 heavy (non-hydrogen) atoms. The quantitative estimate of drug-likeness (QED) is 0.790. The fourth-order valence-corrected chi connectivity index (χ4v) is 2.40. The highest BCUT2D eigenvalue weighted by Gasteiger charge is 2.19. The third kappa shape index (κ3) is 5.50.